The number of nitrogens with one attached hydrogen (secondary N) is 2. The number of hydrogen-bond acceptors (Lipinski definition) is 2. The molecule has 0 atom stereocenters. The number of halogens is 1. The van der Waals surface area contributed by atoms with Gasteiger partial charge in [0.25, 0.3) is 0 Å². The molecule has 0 aliphatic carbocycles. The largest absolute Gasteiger partial charge is 0.352 e. The van der Waals surface area contributed by atoms with Crippen molar-refractivity contribution in [2.24, 2.45) is 4.99 Å². The molecule has 0 unspecified atom stereocenters. The number of aliphatic imine (C=N–C) groups is 1. The van der Waals surface area contributed by atoms with Crippen LogP contribution in [-0.4, -0.2) is 31.0 Å². The van der Waals surface area contributed by atoms with Crippen LogP contribution in [0.15, 0.2) is 53.5 Å². The van der Waals surface area contributed by atoms with E-state index in [1.54, 1.807) is 19.2 Å². The molecule has 0 spiro atoms. The first-order valence-corrected chi connectivity index (χ1v) is 9.13. The first-order chi connectivity index (χ1) is 12.6. The van der Waals surface area contributed by atoms with Crippen molar-refractivity contribution in [2.75, 3.05) is 20.1 Å². The fraction of sp³-hybridized carbons (Fsp3) is 0.381. The molecule has 0 bridgehead atoms. The van der Waals surface area contributed by atoms with Gasteiger partial charge in [0.15, 0.2) is 5.96 Å². The fourth-order valence-electron chi connectivity index (χ4n) is 2.74. The van der Waals surface area contributed by atoms with Crippen molar-refractivity contribution in [3.63, 3.8) is 0 Å². The minimum Gasteiger partial charge on any atom is -0.352 e. The zero-order chi connectivity index (χ0) is 18.8. The van der Waals surface area contributed by atoms with Gasteiger partial charge in [-0.3, -0.25) is 9.89 Å². The molecule has 0 amide bonds. The first-order valence-electron chi connectivity index (χ1n) is 9.13. The van der Waals surface area contributed by atoms with Crippen LogP contribution in [-0.2, 0) is 19.6 Å². The molecular weight excluding hydrogens is 327 g/mol. The van der Waals surface area contributed by atoms with E-state index >= 15 is 0 Å². The molecule has 4 nitrogen and oxygen atoms in total. The number of benzene rings is 2. The Morgan fingerprint density at radius 1 is 0.923 bits per heavy atom. The molecular formula is C21H29FN4. The lowest BCUT2D eigenvalue weighted by atomic mass is 10.1. The molecule has 2 N–H and O–H groups in total. The predicted molar refractivity (Wildman–Crippen MR) is 107 cm³/mol. The van der Waals surface area contributed by atoms with Crippen LogP contribution < -0.4 is 10.6 Å². The zero-order valence-electron chi connectivity index (χ0n) is 15.9. The summed E-state index contributed by atoms with van der Waals surface area (Å²) in [4.78, 5) is 6.64. The summed E-state index contributed by atoms with van der Waals surface area (Å²) in [5.74, 6) is 0.504. The van der Waals surface area contributed by atoms with Gasteiger partial charge in [-0.05, 0) is 41.9 Å². The molecule has 0 heterocycles. The minimum absolute atomic E-state index is 0.221. The first kappa shape index (κ1) is 19.9. The highest BCUT2D eigenvalue weighted by Crippen LogP contribution is 2.08. The maximum atomic E-state index is 13.0. The van der Waals surface area contributed by atoms with E-state index in [2.05, 4.69) is 58.6 Å². The predicted octanol–water partition coefficient (Wildman–Crippen LogP) is 3.53. The van der Waals surface area contributed by atoms with Crippen LogP contribution in [0.2, 0.25) is 0 Å². The summed E-state index contributed by atoms with van der Waals surface area (Å²) in [6.45, 7) is 8.75. The van der Waals surface area contributed by atoms with Gasteiger partial charge in [0, 0.05) is 26.7 Å². The SMILES string of the molecule is CCN(CC)Cc1cccc(CNC(=NC)NCc2ccc(F)cc2)c1. The van der Waals surface area contributed by atoms with Crippen molar-refractivity contribution < 1.29 is 4.39 Å². The minimum atomic E-state index is -0.221. The van der Waals surface area contributed by atoms with Crippen molar-refractivity contribution in [1.82, 2.24) is 15.5 Å². The molecule has 0 aromatic heterocycles. The Labute approximate surface area is 156 Å². The number of nitrogens with zero attached hydrogens (tertiary/aromatic N) is 2. The summed E-state index contributed by atoms with van der Waals surface area (Å²) in [6, 6.07) is 15.1. The van der Waals surface area contributed by atoms with Crippen molar-refractivity contribution in [2.45, 2.75) is 33.5 Å². The van der Waals surface area contributed by atoms with Gasteiger partial charge in [0.05, 0.1) is 0 Å². The van der Waals surface area contributed by atoms with Gasteiger partial charge in [-0.2, -0.15) is 0 Å². The molecule has 0 fully saturated rings. The Bertz CT molecular complexity index is 693. The van der Waals surface area contributed by atoms with Crippen LogP contribution in [0, 0.1) is 5.82 Å². The van der Waals surface area contributed by atoms with Crippen molar-refractivity contribution in [1.29, 1.82) is 0 Å². The summed E-state index contributed by atoms with van der Waals surface area (Å²) in [6.07, 6.45) is 0. The number of hydrogen-bond donors (Lipinski definition) is 2. The summed E-state index contributed by atoms with van der Waals surface area (Å²) < 4.78 is 13.0. The van der Waals surface area contributed by atoms with Crippen LogP contribution in [0.3, 0.4) is 0 Å². The van der Waals surface area contributed by atoms with Gasteiger partial charge in [-0.15, -0.1) is 0 Å². The Morgan fingerprint density at radius 2 is 1.54 bits per heavy atom. The van der Waals surface area contributed by atoms with Gasteiger partial charge in [-0.25, -0.2) is 4.39 Å². The molecule has 0 saturated heterocycles. The van der Waals surface area contributed by atoms with Gasteiger partial charge < -0.3 is 10.6 Å². The molecule has 2 aromatic rings. The summed E-state index contributed by atoms with van der Waals surface area (Å²) in [5.41, 5.74) is 3.55. The van der Waals surface area contributed by atoms with Crippen LogP contribution in [0.25, 0.3) is 0 Å². The monoisotopic (exact) mass is 356 g/mol. The fourth-order valence-corrected chi connectivity index (χ4v) is 2.74. The van der Waals surface area contributed by atoms with Crippen molar-refractivity contribution in [3.05, 3.63) is 71.0 Å². The van der Waals surface area contributed by atoms with E-state index in [1.165, 1.54) is 23.3 Å². The van der Waals surface area contributed by atoms with Crippen LogP contribution in [0.1, 0.15) is 30.5 Å². The van der Waals surface area contributed by atoms with E-state index in [0.29, 0.717) is 13.1 Å². The van der Waals surface area contributed by atoms with Crippen LogP contribution in [0.5, 0.6) is 0 Å². The Balaban J connectivity index is 1.86. The molecule has 26 heavy (non-hydrogen) atoms. The third-order valence-corrected chi connectivity index (χ3v) is 4.35. The Kier molecular flexibility index (Phi) is 8.09. The number of rotatable bonds is 8. The topological polar surface area (TPSA) is 39.7 Å². The Morgan fingerprint density at radius 3 is 2.15 bits per heavy atom. The molecule has 0 aliphatic heterocycles. The quantitative estimate of drug-likeness (QED) is 0.561. The zero-order valence-corrected chi connectivity index (χ0v) is 15.9. The lowest BCUT2D eigenvalue weighted by Gasteiger charge is -2.18. The molecule has 2 aromatic carbocycles. The van der Waals surface area contributed by atoms with E-state index < -0.39 is 0 Å². The molecule has 2 rings (SSSR count). The third kappa shape index (κ3) is 6.48. The molecule has 0 radical (unpaired) electrons. The standard InChI is InChI=1S/C21H29FN4/c1-4-26(5-2)16-19-8-6-7-18(13-19)15-25-21(23-3)24-14-17-9-11-20(22)12-10-17/h6-13H,4-5,14-16H2,1-3H3,(H2,23,24,25). The van der Waals surface area contributed by atoms with E-state index in [4.69, 9.17) is 0 Å². The maximum Gasteiger partial charge on any atom is 0.191 e. The second kappa shape index (κ2) is 10.6. The normalized spacial score (nSPS) is 11.7. The molecule has 5 heteroatoms. The lowest BCUT2D eigenvalue weighted by molar-refractivity contribution is 0.296. The Hall–Kier alpha value is -2.40. The third-order valence-electron chi connectivity index (χ3n) is 4.35. The van der Waals surface area contributed by atoms with Crippen LogP contribution in [0.4, 0.5) is 4.39 Å². The summed E-state index contributed by atoms with van der Waals surface area (Å²) in [5, 5.41) is 6.58. The highest BCUT2D eigenvalue weighted by molar-refractivity contribution is 5.79. The van der Waals surface area contributed by atoms with E-state index in [9.17, 15) is 4.39 Å². The van der Waals surface area contributed by atoms with Gasteiger partial charge in [0.2, 0.25) is 0 Å². The maximum absolute atomic E-state index is 13.0. The highest BCUT2D eigenvalue weighted by atomic mass is 19.1. The average Bonchev–Trinajstić information content (AvgIpc) is 2.68. The van der Waals surface area contributed by atoms with Gasteiger partial charge in [-0.1, -0.05) is 50.2 Å². The second-order valence-corrected chi connectivity index (χ2v) is 6.19. The molecule has 0 saturated carbocycles. The van der Waals surface area contributed by atoms with E-state index in [0.717, 1.165) is 31.2 Å². The molecule has 0 aliphatic rings. The average molecular weight is 356 g/mol. The van der Waals surface area contributed by atoms with Crippen molar-refractivity contribution >= 4 is 5.96 Å². The summed E-state index contributed by atoms with van der Waals surface area (Å²) in [7, 11) is 1.75. The van der Waals surface area contributed by atoms with E-state index in [1.807, 2.05) is 0 Å². The van der Waals surface area contributed by atoms with E-state index in [-0.39, 0.29) is 5.82 Å². The van der Waals surface area contributed by atoms with Crippen LogP contribution >= 0.6 is 0 Å². The summed E-state index contributed by atoms with van der Waals surface area (Å²) >= 11 is 0. The van der Waals surface area contributed by atoms with Gasteiger partial charge >= 0.3 is 0 Å². The second-order valence-electron chi connectivity index (χ2n) is 6.19. The lowest BCUT2D eigenvalue weighted by Crippen LogP contribution is -2.36. The highest BCUT2D eigenvalue weighted by Gasteiger charge is 2.03. The molecule has 140 valence electrons. The number of guanidine groups is 1. The smallest absolute Gasteiger partial charge is 0.191 e. The van der Waals surface area contributed by atoms with Gasteiger partial charge in [0.1, 0.15) is 5.82 Å². The van der Waals surface area contributed by atoms with Crippen molar-refractivity contribution in [3.8, 4) is 0 Å².